The number of carbonyl (C=O) groups excluding carboxylic acids is 1. The predicted molar refractivity (Wildman–Crippen MR) is 77.4 cm³/mol. The van der Waals surface area contributed by atoms with Crippen LogP contribution in [0.5, 0.6) is 0 Å². The van der Waals surface area contributed by atoms with Gasteiger partial charge in [-0.2, -0.15) is 0 Å². The van der Waals surface area contributed by atoms with Crippen molar-refractivity contribution in [2.45, 2.75) is 12.8 Å². The Morgan fingerprint density at radius 3 is 2.53 bits per heavy atom. The minimum atomic E-state index is -0.346. The van der Waals surface area contributed by atoms with Gasteiger partial charge in [0.15, 0.2) is 0 Å². The Balaban J connectivity index is 2.05. The van der Waals surface area contributed by atoms with E-state index < -0.39 is 0 Å². The third-order valence-electron chi connectivity index (χ3n) is 2.68. The highest BCUT2D eigenvalue weighted by atomic mass is 79.9. The van der Waals surface area contributed by atoms with Crippen LogP contribution in [0.25, 0.3) is 0 Å². The number of rotatable bonds is 4. The molecule has 0 bridgehead atoms. The molecule has 0 spiro atoms. The second-order valence-electron chi connectivity index (χ2n) is 4.41. The van der Waals surface area contributed by atoms with E-state index in [9.17, 15) is 9.18 Å². The zero-order chi connectivity index (χ0) is 13.8. The highest BCUT2D eigenvalue weighted by molar-refractivity contribution is 9.10. The van der Waals surface area contributed by atoms with Gasteiger partial charge in [0.2, 0.25) is 0 Å². The normalized spacial score (nSPS) is 10.4. The first-order valence-corrected chi connectivity index (χ1v) is 6.63. The smallest absolute Gasteiger partial charge is 0.141 e. The Morgan fingerprint density at radius 1 is 1.11 bits per heavy atom. The third-order valence-corrected chi connectivity index (χ3v) is 3.13. The van der Waals surface area contributed by atoms with Gasteiger partial charge in [0.1, 0.15) is 11.6 Å². The maximum Gasteiger partial charge on any atom is 0.141 e. The fraction of sp³-hybridized carbons (Fsp3) is 0.133. The number of anilines is 1. The van der Waals surface area contributed by atoms with Gasteiger partial charge in [-0.3, -0.25) is 4.79 Å². The number of ketones is 1. The lowest BCUT2D eigenvalue weighted by molar-refractivity contribution is -0.117. The zero-order valence-electron chi connectivity index (χ0n) is 10.2. The number of carbonyl (C=O) groups is 1. The molecule has 2 aromatic carbocycles. The van der Waals surface area contributed by atoms with Gasteiger partial charge < -0.3 is 5.73 Å². The third kappa shape index (κ3) is 4.17. The number of hydrogen-bond acceptors (Lipinski definition) is 2. The lowest BCUT2D eigenvalue weighted by Gasteiger charge is -2.04. The highest BCUT2D eigenvalue weighted by Gasteiger charge is 2.07. The van der Waals surface area contributed by atoms with Crippen molar-refractivity contribution in [3.63, 3.8) is 0 Å². The van der Waals surface area contributed by atoms with Crippen molar-refractivity contribution in [2.75, 3.05) is 5.73 Å². The van der Waals surface area contributed by atoms with Crippen LogP contribution in [-0.4, -0.2) is 5.78 Å². The van der Waals surface area contributed by atoms with E-state index in [-0.39, 0.29) is 18.0 Å². The molecule has 0 saturated carbocycles. The van der Waals surface area contributed by atoms with E-state index >= 15 is 0 Å². The van der Waals surface area contributed by atoms with Gasteiger partial charge in [-0.1, -0.05) is 28.1 Å². The lowest BCUT2D eigenvalue weighted by atomic mass is 10.0. The van der Waals surface area contributed by atoms with Gasteiger partial charge in [0.05, 0.1) is 0 Å². The van der Waals surface area contributed by atoms with Crippen molar-refractivity contribution < 1.29 is 9.18 Å². The van der Waals surface area contributed by atoms with Crippen molar-refractivity contribution in [3.8, 4) is 0 Å². The van der Waals surface area contributed by atoms with Crippen LogP contribution in [-0.2, 0) is 17.6 Å². The first kappa shape index (κ1) is 13.7. The van der Waals surface area contributed by atoms with Crippen LogP contribution in [0.4, 0.5) is 10.1 Å². The Labute approximate surface area is 119 Å². The van der Waals surface area contributed by atoms with Crippen molar-refractivity contribution >= 4 is 27.4 Å². The number of benzene rings is 2. The molecule has 0 atom stereocenters. The zero-order valence-corrected chi connectivity index (χ0v) is 11.8. The minimum absolute atomic E-state index is 0.0306. The summed E-state index contributed by atoms with van der Waals surface area (Å²) in [5.41, 5.74) is 7.84. The van der Waals surface area contributed by atoms with Gasteiger partial charge in [-0.25, -0.2) is 4.39 Å². The van der Waals surface area contributed by atoms with Gasteiger partial charge in [0, 0.05) is 23.0 Å². The van der Waals surface area contributed by atoms with Crippen molar-refractivity contribution in [1.82, 2.24) is 0 Å². The average Bonchev–Trinajstić information content (AvgIpc) is 2.26. The van der Waals surface area contributed by atoms with Crippen molar-refractivity contribution in [3.05, 3.63) is 63.9 Å². The molecule has 0 aliphatic rings. The summed E-state index contributed by atoms with van der Waals surface area (Å²) in [6, 6.07) is 11.7. The Bertz CT molecular complexity index is 593. The molecule has 2 N–H and O–H groups in total. The van der Waals surface area contributed by atoms with Crippen LogP contribution in [0.15, 0.2) is 46.9 Å². The molecule has 0 aliphatic heterocycles. The molecule has 0 unspecified atom stereocenters. The van der Waals surface area contributed by atoms with Crippen LogP contribution in [0, 0.1) is 5.82 Å². The van der Waals surface area contributed by atoms with Gasteiger partial charge >= 0.3 is 0 Å². The van der Waals surface area contributed by atoms with Crippen LogP contribution in [0.2, 0.25) is 0 Å². The largest absolute Gasteiger partial charge is 0.399 e. The minimum Gasteiger partial charge on any atom is -0.399 e. The molecule has 2 aromatic rings. The van der Waals surface area contributed by atoms with Crippen molar-refractivity contribution in [1.29, 1.82) is 0 Å². The molecule has 4 heteroatoms. The van der Waals surface area contributed by atoms with Gasteiger partial charge in [0.25, 0.3) is 0 Å². The summed E-state index contributed by atoms with van der Waals surface area (Å²) < 4.78 is 13.8. The summed E-state index contributed by atoms with van der Waals surface area (Å²) in [6.45, 7) is 0. The van der Waals surface area contributed by atoms with Gasteiger partial charge in [-0.15, -0.1) is 0 Å². The number of hydrogen-bond donors (Lipinski definition) is 1. The number of nitrogens with two attached hydrogens (primary N) is 1. The number of Topliss-reactive ketones (excluding diaryl/α,β-unsaturated/α-hetero) is 1. The predicted octanol–water partition coefficient (Wildman–Crippen LogP) is 3.52. The van der Waals surface area contributed by atoms with Crippen LogP contribution in [0.3, 0.4) is 0 Å². The SMILES string of the molecule is Nc1cccc(CC(=O)Cc2cc(F)cc(Br)c2)c1. The lowest BCUT2D eigenvalue weighted by Crippen LogP contribution is -2.07. The van der Waals surface area contributed by atoms with E-state index in [2.05, 4.69) is 15.9 Å². The molecule has 0 saturated heterocycles. The highest BCUT2D eigenvalue weighted by Crippen LogP contribution is 2.16. The van der Waals surface area contributed by atoms with E-state index in [0.717, 1.165) is 5.56 Å². The molecule has 0 aliphatic carbocycles. The summed E-state index contributed by atoms with van der Waals surface area (Å²) in [7, 11) is 0. The fourth-order valence-corrected chi connectivity index (χ4v) is 2.45. The Kier molecular flexibility index (Phi) is 4.32. The average molecular weight is 322 g/mol. The van der Waals surface area contributed by atoms with Crippen molar-refractivity contribution in [2.24, 2.45) is 0 Å². The maximum atomic E-state index is 13.2. The van der Waals surface area contributed by atoms with E-state index in [1.165, 1.54) is 12.1 Å². The quantitative estimate of drug-likeness (QED) is 0.875. The van der Waals surface area contributed by atoms with E-state index in [1.54, 1.807) is 18.2 Å². The molecule has 0 heterocycles. The van der Waals surface area contributed by atoms with E-state index in [0.29, 0.717) is 22.1 Å². The second kappa shape index (κ2) is 5.97. The number of nitrogen functional groups attached to an aromatic ring is 1. The molecule has 0 radical (unpaired) electrons. The Morgan fingerprint density at radius 2 is 1.84 bits per heavy atom. The molecule has 98 valence electrons. The molecule has 2 rings (SSSR count). The molecule has 19 heavy (non-hydrogen) atoms. The monoisotopic (exact) mass is 321 g/mol. The fourth-order valence-electron chi connectivity index (χ4n) is 1.93. The van der Waals surface area contributed by atoms with E-state index in [4.69, 9.17) is 5.73 Å². The molecule has 2 nitrogen and oxygen atoms in total. The molecule has 0 amide bonds. The summed E-state index contributed by atoms with van der Waals surface area (Å²) in [4.78, 5) is 11.9. The first-order valence-electron chi connectivity index (χ1n) is 5.84. The summed E-state index contributed by atoms with van der Waals surface area (Å²) >= 11 is 3.21. The number of halogens is 2. The van der Waals surface area contributed by atoms with Gasteiger partial charge in [-0.05, 0) is 41.5 Å². The van der Waals surface area contributed by atoms with Crippen LogP contribution >= 0.6 is 15.9 Å². The molecular formula is C15H13BrFNO. The standard InChI is InChI=1S/C15H13BrFNO/c16-12-4-11(5-13(17)9-12)8-15(19)7-10-2-1-3-14(18)6-10/h1-6,9H,7-8,18H2. The molecule has 0 aromatic heterocycles. The maximum absolute atomic E-state index is 13.2. The Hall–Kier alpha value is -1.68. The van der Waals surface area contributed by atoms with Crippen LogP contribution < -0.4 is 5.73 Å². The summed E-state index contributed by atoms with van der Waals surface area (Å²) in [5, 5.41) is 0. The second-order valence-corrected chi connectivity index (χ2v) is 5.33. The van der Waals surface area contributed by atoms with E-state index in [1.807, 2.05) is 12.1 Å². The summed E-state index contributed by atoms with van der Waals surface area (Å²) in [6.07, 6.45) is 0.518. The summed E-state index contributed by atoms with van der Waals surface area (Å²) in [5.74, 6) is -0.316. The topological polar surface area (TPSA) is 43.1 Å². The molecular weight excluding hydrogens is 309 g/mol. The first-order chi connectivity index (χ1) is 9.02. The molecule has 0 fully saturated rings. The van der Waals surface area contributed by atoms with Crippen LogP contribution in [0.1, 0.15) is 11.1 Å².